The standard InChI is InChI=1S/C30H29BrN2O7S/c1-6-38-29(36)27-16(4)32-30(41-27)33-24(17-7-9-21(22(13-17)37-5)39-12-11-15(2)3)23-25(34)19-14-18(31)8-10-20(19)40-26(23)28(33)35/h7-10,13-15,24H,6,11-12H2,1-5H3. The molecule has 1 amide bonds. The molecule has 2 aromatic carbocycles. The molecule has 1 aliphatic heterocycles. The van der Waals surface area contributed by atoms with E-state index in [2.05, 4.69) is 34.8 Å². The van der Waals surface area contributed by atoms with Gasteiger partial charge in [-0.1, -0.05) is 47.2 Å². The van der Waals surface area contributed by atoms with Gasteiger partial charge in [-0.2, -0.15) is 0 Å². The topological polar surface area (TPSA) is 108 Å². The second kappa shape index (κ2) is 11.7. The molecule has 9 nitrogen and oxygen atoms in total. The van der Waals surface area contributed by atoms with Gasteiger partial charge >= 0.3 is 5.97 Å². The molecule has 214 valence electrons. The van der Waals surface area contributed by atoms with Crippen molar-refractivity contribution < 1.29 is 28.2 Å². The van der Waals surface area contributed by atoms with Gasteiger partial charge in [0.2, 0.25) is 5.76 Å². The minimum absolute atomic E-state index is 0.0726. The fourth-order valence-corrected chi connectivity index (χ4v) is 6.06. The first-order valence-corrected chi connectivity index (χ1v) is 14.8. The van der Waals surface area contributed by atoms with Crippen molar-refractivity contribution in [2.24, 2.45) is 5.92 Å². The third kappa shape index (κ3) is 5.36. The minimum Gasteiger partial charge on any atom is -0.493 e. The zero-order valence-corrected chi connectivity index (χ0v) is 25.7. The number of carbonyl (C=O) groups excluding carboxylic acids is 2. The van der Waals surface area contributed by atoms with Crippen molar-refractivity contribution in [3.63, 3.8) is 0 Å². The maximum atomic E-state index is 14.0. The monoisotopic (exact) mass is 640 g/mol. The number of aryl methyl sites for hydroxylation is 1. The van der Waals surface area contributed by atoms with Crippen LogP contribution in [0.3, 0.4) is 0 Å². The molecule has 1 unspecified atom stereocenters. The predicted octanol–water partition coefficient (Wildman–Crippen LogP) is 6.68. The fraction of sp³-hybridized carbons (Fsp3) is 0.333. The summed E-state index contributed by atoms with van der Waals surface area (Å²) in [6.45, 7) is 8.35. The zero-order valence-electron chi connectivity index (χ0n) is 23.3. The van der Waals surface area contributed by atoms with Gasteiger partial charge in [0.15, 0.2) is 22.1 Å². The molecule has 0 saturated heterocycles. The van der Waals surface area contributed by atoms with Crippen LogP contribution in [0.25, 0.3) is 11.0 Å². The largest absolute Gasteiger partial charge is 0.493 e. The highest BCUT2D eigenvalue weighted by Gasteiger charge is 2.45. The van der Waals surface area contributed by atoms with Crippen LogP contribution in [0.15, 0.2) is 50.1 Å². The van der Waals surface area contributed by atoms with Crippen molar-refractivity contribution in [2.75, 3.05) is 25.2 Å². The van der Waals surface area contributed by atoms with Gasteiger partial charge in [0.1, 0.15) is 10.5 Å². The van der Waals surface area contributed by atoms with Crippen LogP contribution in [0, 0.1) is 12.8 Å². The molecule has 0 N–H and O–H groups in total. The Hall–Kier alpha value is -3.70. The lowest BCUT2D eigenvalue weighted by atomic mass is 9.98. The number of methoxy groups -OCH3 is 1. The summed E-state index contributed by atoms with van der Waals surface area (Å²) >= 11 is 4.45. The first-order valence-electron chi connectivity index (χ1n) is 13.2. The number of fused-ring (bicyclic) bond motifs is 2. The molecule has 0 saturated carbocycles. The molecular formula is C30H29BrN2O7S. The van der Waals surface area contributed by atoms with E-state index < -0.39 is 17.9 Å². The first kappa shape index (κ1) is 28.8. The number of benzene rings is 2. The summed E-state index contributed by atoms with van der Waals surface area (Å²) in [5.41, 5.74) is 1.16. The van der Waals surface area contributed by atoms with E-state index >= 15 is 0 Å². The molecule has 0 spiro atoms. The molecule has 1 atom stereocenters. The molecule has 3 heterocycles. The Labute approximate surface area is 249 Å². The van der Waals surface area contributed by atoms with Crippen molar-refractivity contribution in [2.45, 2.75) is 40.2 Å². The van der Waals surface area contributed by atoms with E-state index in [1.807, 2.05) is 0 Å². The van der Waals surface area contributed by atoms with E-state index in [0.717, 1.165) is 17.8 Å². The highest BCUT2D eigenvalue weighted by Crippen LogP contribution is 2.45. The first-order chi connectivity index (χ1) is 19.6. The number of ether oxygens (including phenoxy) is 3. The van der Waals surface area contributed by atoms with E-state index in [0.29, 0.717) is 50.7 Å². The molecule has 2 aromatic heterocycles. The normalized spacial score (nSPS) is 14.6. The van der Waals surface area contributed by atoms with Crippen LogP contribution in [0.2, 0.25) is 0 Å². The number of carbonyl (C=O) groups is 2. The summed E-state index contributed by atoms with van der Waals surface area (Å²) in [4.78, 5) is 46.7. The number of aromatic nitrogens is 1. The van der Waals surface area contributed by atoms with Crippen molar-refractivity contribution in [3.05, 3.63) is 78.6 Å². The van der Waals surface area contributed by atoms with Crippen LogP contribution in [0.1, 0.15) is 70.3 Å². The maximum Gasteiger partial charge on any atom is 0.350 e. The summed E-state index contributed by atoms with van der Waals surface area (Å²) in [5.74, 6) is 0.359. The van der Waals surface area contributed by atoms with Crippen molar-refractivity contribution in [1.82, 2.24) is 4.98 Å². The van der Waals surface area contributed by atoms with Crippen LogP contribution >= 0.6 is 27.3 Å². The average molecular weight is 642 g/mol. The Balaban J connectivity index is 1.68. The quantitative estimate of drug-likeness (QED) is 0.186. The summed E-state index contributed by atoms with van der Waals surface area (Å²) < 4.78 is 23.6. The Morgan fingerprint density at radius 1 is 1.17 bits per heavy atom. The number of halogens is 1. The number of hydrogen-bond donors (Lipinski definition) is 0. The van der Waals surface area contributed by atoms with Gasteiger partial charge < -0.3 is 18.6 Å². The molecule has 1 aliphatic rings. The molecule has 4 aromatic rings. The van der Waals surface area contributed by atoms with E-state index in [-0.39, 0.29) is 33.4 Å². The predicted molar refractivity (Wildman–Crippen MR) is 160 cm³/mol. The van der Waals surface area contributed by atoms with Gasteiger partial charge in [0, 0.05) is 4.47 Å². The van der Waals surface area contributed by atoms with E-state index in [1.54, 1.807) is 50.2 Å². The SMILES string of the molecule is CCOC(=O)c1sc(N2C(=O)c3oc4ccc(Br)cc4c(=O)c3C2c2ccc(OCCC(C)C)c(OC)c2)nc1C. The molecule has 0 bridgehead atoms. The van der Waals surface area contributed by atoms with E-state index in [4.69, 9.17) is 18.6 Å². The highest BCUT2D eigenvalue weighted by molar-refractivity contribution is 9.10. The molecule has 11 heteroatoms. The third-order valence-corrected chi connectivity index (χ3v) is 8.37. The van der Waals surface area contributed by atoms with Gasteiger partial charge in [0.25, 0.3) is 5.91 Å². The number of hydrogen-bond acceptors (Lipinski definition) is 9. The Morgan fingerprint density at radius 3 is 2.66 bits per heavy atom. The average Bonchev–Trinajstić information content (AvgIpc) is 3.46. The molecular weight excluding hydrogens is 612 g/mol. The molecule has 5 rings (SSSR count). The van der Waals surface area contributed by atoms with Crippen LogP contribution in [-0.2, 0) is 4.74 Å². The number of amides is 1. The van der Waals surface area contributed by atoms with Crippen LogP contribution < -0.4 is 19.8 Å². The molecule has 41 heavy (non-hydrogen) atoms. The van der Waals surface area contributed by atoms with Crippen molar-refractivity contribution in [1.29, 1.82) is 0 Å². The van der Waals surface area contributed by atoms with Crippen molar-refractivity contribution in [3.8, 4) is 11.5 Å². The van der Waals surface area contributed by atoms with Gasteiger partial charge in [-0.15, -0.1) is 0 Å². The van der Waals surface area contributed by atoms with Gasteiger partial charge in [-0.25, -0.2) is 9.78 Å². The summed E-state index contributed by atoms with van der Waals surface area (Å²) in [6.07, 6.45) is 0.874. The smallest absolute Gasteiger partial charge is 0.350 e. The zero-order chi connectivity index (χ0) is 29.4. The Morgan fingerprint density at radius 2 is 1.95 bits per heavy atom. The molecule has 0 radical (unpaired) electrons. The lowest BCUT2D eigenvalue weighted by molar-refractivity contribution is 0.0531. The van der Waals surface area contributed by atoms with Crippen LogP contribution in [0.4, 0.5) is 5.13 Å². The second-order valence-electron chi connectivity index (χ2n) is 9.96. The Bertz CT molecular complexity index is 1710. The van der Waals surface area contributed by atoms with E-state index in [1.165, 1.54) is 12.0 Å². The fourth-order valence-electron chi connectivity index (χ4n) is 4.71. The maximum absolute atomic E-state index is 14.0. The summed E-state index contributed by atoms with van der Waals surface area (Å²) in [6, 6.07) is 9.48. The van der Waals surface area contributed by atoms with Crippen LogP contribution in [0.5, 0.6) is 11.5 Å². The lowest BCUT2D eigenvalue weighted by Gasteiger charge is -2.23. The minimum atomic E-state index is -0.892. The molecule has 0 aliphatic carbocycles. The van der Waals surface area contributed by atoms with Gasteiger partial charge in [0.05, 0.1) is 43.0 Å². The summed E-state index contributed by atoms with van der Waals surface area (Å²) in [5, 5.41) is 0.578. The number of rotatable bonds is 9. The van der Waals surface area contributed by atoms with Crippen molar-refractivity contribution >= 4 is 55.2 Å². The van der Waals surface area contributed by atoms with E-state index in [9.17, 15) is 14.4 Å². The Kier molecular flexibility index (Phi) is 8.19. The number of nitrogens with zero attached hydrogens (tertiary/aromatic N) is 2. The number of anilines is 1. The number of esters is 1. The van der Waals surface area contributed by atoms with Crippen LogP contribution in [-0.4, -0.2) is 37.2 Å². The highest BCUT2D eigenvalue weighted by atomic mass is 79.9. The lowest BCUT2D eigenvalue weighted by Crippen LogP contribution is -2.29. The second-order valence-corrected chi connectivity index (χ2v) is 11.9. The summed E-state index contributed by atoms with van der Waals surface area (Å²) in [7, 11) is 1.54. The molecule has 0 fully saturated rings. The van der Waals surface area contributed by atoms with Gasteiger partial charge in [-0.3, -0.25) is 14.5 Å². The third-order valence-electron chi connectivity index (χ3n) is 6.74. The van der Waals surface area contributed by atoms with Gasteiger partial charge in [-0.05, 0) is 62.1 Å². The number of thiazole rings is 1.